The standard InChI is InChI=1S/C22H19I2NO3/c1-4-9-27-20-17(23)10-14(11-18(20)24)12-19-22(26)28-21(25-19)16-7-5-15(6-8-16)13(2)3/h4-8,10-13H,1,9H2,2-3H3/b19-12-. The van der Waals surface area contributed by atoms with Crippen LogP contribution in [0.3, 0.4) is 0 Å². The zero-order valence-corrected chi connectivity index (χ0v) is 19.9. The average molecular weight is 599 g/mol. The van der Waals surface area contributed by atoms with Crippen LogP contribution in [0, 0.1) is 7.14 Å². The van der Waals surface area contributed by atoms with E-state index in [0.29, 0.717) is 18.4 Å². The van der Waals surface area contributed by atoms with Gasteiger partial charge in [0.1, 0.15) is 12.4 Å². The van der Waals surface area contributed by atoms with Crippen molar-refractivity contribution in [1.29, 1.82) is 0 Å². The summed E-state index contributed by atoms with van der Waals surface area (Å²) in [4.78, 5) is 16.7. The third-order valence-electron chi connectivity index (χ3n) is 4.11. The van der Waals surface area contributed by atoms with Gasteiger partial charge in [0.2, 0.25) is 5.90 Å². The van der Waals surface area contributed by atoms with Gasteiger partial charge >= 0.3 is 5.97 Å². The molecule has 4 nitrogen and oxygen atoms in total. The molecule has 0 radical (unpaired) electrons. The van der Waals surface area contributed by atoms with Gasteiger partial charge in [0.05, 0.1) is 7.14 Å². The van der Waals surface area contributed by atoms with Crippen LogP contribution in [0.2, 0.25) is 0 Å². The second-order valence-electron chi connectivity index (χ2n) is 6.53. The molecule has 0 atom stereocenters. The van der Waals surface area contributed by atoms with Gasteiger partial charge in [0, 0.05) is 5.56 Å². The number of nitrogens with zero attached hydrogens (tertiary/aromatic N) is 1. The minimum Gasteiger partial charge on any atom is -0.487 e. The molecule has 0 spiro atoms. The quantitative estimate of drug-likeness (QED) is 0.179. The fourth-order valence-corrected chi connectivity index (χ4v) is 4.77. The summed E-state index contributed by atoms with van der Waals surface area (Å²) in [5.74, 6) is 1.15. The maximum atomic E-state index is 12.3. The van der Waals surface area contributed by atoms with E-state index in [-0.39, 0.29) is 5.70 Å². The van der Waals surface area contributed by atoms with Gasteiger partial charge in [-0.3, -0.25) is 0 Å². The molecule has 1 aliphatic rings. The lowest BCUT2D eigenvalue weighted by Crippen LogP contribution is -2.05. The summed E-state index contributed by atoms with van der Waals surface area (Å²) < 4.78 is 13.0. The number of hydrogen-bond donors (Lipinski definition) is 0. The van der Waals surface area contributed by atoms with Crippen LogP contribution in [0.1, 0.15) is 36.5 Å². The van der Waals surface area contributed by atoms with E-state index >= 15 is 0 Å². The summed E-state index contributed by atoms with van der Waals surface area (Å²) in [7, 11) is 0. The molecule has 0 aromatic heterocycles. The molecule has 144 valence electrons. The van der Waals surface area contributed by atoms with Crippen molar-refractivity contribution >= 4 is 63.1 Å². The Morgan fingerprint density at radius 2 is 1.82 bits per heavy atom. The number of benzene rings is 2. The van der Waals surface area contributed by atoms with Gasteiger partial charge in [-0.1, -0.05) is 38.6 Å². The van der Waals surface area contributed by atoms with Crippen LogP contribution in [0.25, 0.3) is 6.08 Å². The van der Waals surface area contributed by atoms with E-state index in [4.69, 9.17) is 9.47 Å². The van der Waals surface area contributed by atoms with Gasteiger partial charge in [-0.05, 0) is 92.6 Å². The molecule has 6 heteroatoms. The highest BCUT2D eigenvalue weighted by atomic mass is 127. The van der Waals surface area contributed by atoms with E-state index in [1.54, 1.807) is 12.2 Å². The molecule has 1 aliphatic heterocycles. The Balaban J connectivity index is 1.88. The Labute approximate surface area is 192 Å². The maximum absolute atomic E-state index is 12.3. The molecule has 0 saturated heterocycles. The number of ether oxygens (including phenoxy) is 2. The molecule has 0 unspecified atom stereocenters. The normalized spacial score (nSPS) is 15.0. The number of esters is 1. The van der Waals surface area contributed by atoms with E-state index < -0.39 is 5.97 Å². The van der Waals surface area contributed by atoms with Crippen molar-refractivity contribution < 1.29 is 14.3 Å². The SMILES string of the molecule is C=CCOc1c(I)cc(/C=C2\N=C(c3ccc(C(C)C)cc3)OC2=O)cc1I. The first kappa shape index (κ1) is 21.0. The van der Waals surface area contributed by atoms with Crippen LogP contribution in [-0.2, 0) is 9.53 Å². The monoisotopic (exact) mass is 599 g/mol. The summed E-state index contributed by atoms with van der Waals surface area (Å²) in [5.41, 5.74) is 3.17. The van der Waals surface area contributed by atoms with E-state index in [1.807, 2.05) is 36.4 Å². The van der Waals surface area contributed by atoms with Gasteiger partial charge in [-0.2, -0.15) is 0 Å². The number of aliphatic imine (C=N–C) groups is 1. The van der Waals surface area contributed by atoms with Crippen molar-refractivity contribution in [2.24, 2.45) is 4.99 Å². The molecule has 2 aromatic carbocycles. The first-order valence-corrected chi connectivity index (χ1v) is 10.9. The van der Waals surface area contributed by atoms with Gasteiger partial charge in [-0.25, -0.2) is 9.79 Å². The molecule has 0 bridgehead atoms. The smallest absolute Gasteiger partial charge is 0.363 e. The Morgan fingerprint density at radius 1 is 1.18 bits per heavy atom. The summed E-state index contributed by atoms with van der Waals surface area (Å²) in [6.45, 7) is 8.39. The largest absolute Gasteiger partial charge is 0.487 e. The van der Waals surface area contributed by atoms with Crippen LogP contribution in [-0.4, -0.2) is 18.5 Å². The van der Waals surface area contributed by atoms with E-state index in [1.165, 1.54) is 5.56 Å². The van der Waals surface area contributed by atoms with Crippen LogP contribution < -0.4 is 4.74 Å². The van der Waals surface area contributed by atoms with Crippen molar-refractivity contribution in [1.82, 2.24) is 0 Å². The molecule has 28 heavy (non-hydrogen) atoms. The average Bonchev–Trinajstić information content (AvgIpc) is 3.01. The predicted octanol–water partition coefficient (Wildman–Crippen LogP) is 5.93. The van der Waals surface area contributed by atoms with Crippen molar-refractivity contribution in [3.8, 4) is 5.75 Å². The van der Waals surface area contributed by atoms with Crippen molar-refractivity contribution in [2.75, 3.05) is 6.61 Å². The Hall–Kier alpha value is -1.68. The predicted molar refractivity (Wildman–Crippen MR) is 129 cm³/mol. The third-order valence-corrected chi connectivity index (χ3v) is 5.72. The molecule has 0 N–H and O–H groups in total. The van der Waals surface area contributed by atoms with Crippen LogP contribution in [0.4, 0.5) is 0 Å². The summed E-state index contributed by atoms with van der Waals surface area (Å²) in [6.07, 6.45) is 3.44. The summed E-state index contributed by atoms with van der Waals surface area (Å²) >= 11 is 4.44. The van der Waals surface area contributed by atoms with E-state index in [9.17, 15) is 4.79 Å². The lowest BCUT2D eigenvalue weighted by molar-refractivity contribution is -0.129. The fourth-order valence-electron chi connectivity index (χ4n) is 2.64. The van der Waals surface area contributed by atoms with E-state index in [0.717, 1.165) is 24.0 Å². The number of rotatable bonds is 6. The van der Waals surface area contributed by atoms with Crippen LogP contribution in [0.15, 0.2) is 59.7 Å². The molecule has 0 aliphatic carbocycles. The fraction of sp³-hybridized carbons (Fsp3) is 0.182. The lowest BCUT2D eigenvalue weighted by Gasteiger charge is -2.09. The number of carbonyl (C=O) groups excluding carboxylic acids is 1. The molecule has 0 amide bonds. The Morgan fingerprint density at radius 3 is 2.39 bits per heavy atom. The summed E-state index contributed by atoms with van der Waals surface area (Å²) in [6, 6.07) is 11.8. The molecule has 3 rings (SSSR count). The van der Waals surface area contributed by atoms with Gasteiger partial charge in [0.15, 0.2) is 5.70 Å². The highest BCUT2D eigenvalue weighted by Gasteiger charge is 2.24. The van der Waals surface area contributed by atoms with Gasteiger partial charge in [0.25, 0.3) is 0 Å². The zero-order chi connectivity index (χ0) is 20.3. The van der Waals surface area contributed by atoms with E-state index in [2.05, 4.69) is 70.6 Å². The highest BCUT2D eigenvalue weighted by molar-refractivity contribution is 14.1. The number of halogens is 2. The second-order valence-corrected chi connectivity index (χ2v) is 8.85. The lowest BCUT2D eigenvalue weighted by atomic mass is 10.0. The minimum atomic E-state index is -0.445. The Kier molecular flexibility index (Phi) is 6.92. The van der Waals surface area contributed by atoms with Crippen molar-refractivity contribution in [3.63, 3.8) is 0 Å². The first-order chi connectivity index (χ1) is 13.4. The molecule has 1 heterocycles. The van der Waals surface area contributed by atoms with Crippen molar-refractivity contribution in [3.05, 3.63) is 78.6 Å². The van der Waals surface area contributed by atoms with Crippen LogP contribution in [0.5, 0.6) is 5.75 Å². The maximum Gasteiger partial charge on any atom is 0.363 e. The number of carbonyl (C=O) groups is 1. The number of hydrogen-bond acceptors (Lipinski definition) is 4. The second kappa shape index (κ2) is 9.21. The Bertz CT molecular complexity index is 953. The summed E-state index contributed by atoms with van der Waals surface area (Å²) in [5, 5.41) is 0. The first-order valence-electron chi connectivity index (χ1n) is 8.74. The third kappa shape index (κ3) is 4.83. The molecule has 0 fully saturated rings. The van der Waals surface area contributed by atoms with Gasteiger partial charge < -0.3 is 9.47 Å². The van der Waals surface area contributed by atoms with Crippen LogP contribution >= 0.6 is 45.2 Å². The minimum absolute atomic E-state index is 0.286. The van der Waals surface area contributed by atoms with Crippen molar-refractivity contribution in [2.45, 2.75) is 19.8 Å². The molecular formula is C22H19I2NO3. The molecule has 0 saturated carbocycles. The zero-order valence-electron chi connectivity index (χ0n) is 15.5. The molecule has 2 aromatic rings. The highest BCUT2D eigenvalue weighted by Crippen LogP contribution is 2.30. The number of cyclic esters (lactones) is 1. The topological polar surface area (TPSA) is 47.9 Å². The van der Waals surface area contributed by atoms with Gasteiger partial charge in [-0.15, -0.1) is 0 Å². The molecular weight excluding hydrogens is 580 g/mol.